The Kier molecular flexibility index (Phi) is 5.65. The number of hydrogen-bond donors (Lipinski definition) is 1. The highest BCUT2D eigenvalue weighted by Crippen LogP contribution is 2.46. The standard InChI is InChI=1S/C15H15N7O4S3/c1-7-17-18-15(29-7)28-5-8-4-27-13-10(12(24)22(13)11(8)14(25)26)2-9(23)3-21-6-16-19-20-21/h6,10,13H,2-5H2,1H3,(H,25,26)/t10-,13-/m1/s1. The molecule has 1 fully saturated rings. The molecule has 29 heavy (non-hydrogen) atoms. The van der Waals surface area contributed by atoms with Gasteiger partial charge in [0.1, 0.15) is 23.6 Å². The number of β-lactam (4-membered cyclic amide) rings is 1. The number of carbonyl (C=O) groups is 3. The first-order valence-electron chi connectivity index (χ1n) is 8.49. The lowest BCUT2D eigenvalue weighted by molar-refractivity contribution is -0.154. The molecular weight excluding hydrogens is 438 g/mol. The number of fused-ring (bicyclic) bond motifs is 1. The van der Waals surface area contributed by atoms with Crippen molar-refractivity contribution in [1.82, 2.24) is 35.3 Å². The van der Waals surface area contributed by atoms with E-state index in [1.807, 2.05) is 6.92 Å². The summed E-state index contributed by atoms with van der Waals surface area (Å²) in [6, 6.07) is 0. The Balaban J connectivity index is 1.44. The van der Waals surface area contributed by atoms with Crippen LogP contribution in [0.15, 0.2) is 21.9 Å². The van der Waals surface area contributed by atoms with E-state index in [1.54, 1.807) is 0 Å². The van der Waals surface area contributed by atoms with Gasteiger partial charge in [-0.2, -0.15) is 0 Å². The highest BCUT2D eigenvalue weighted by molar-refractivity contribution is 8.01. The quantitative estimate of drug-likeness (QED) is 0.439. The molecule has 0 radical (unpaired) electrons. The van der Waals surface area contributed by atoms with E-state index < -0.39 is 11.9 Å². The van der Waals surface area contributed by atoms with E-state index >= 15 is 0 Å². The maximum Gasteiger partial charge on any atom is 0.352 e. The van der Waals surface area contributed by atoms with E-state index in [9.17, 15) is 19.5 Å². The van der Waals surface area contributed by atoms with Crippen LogP contribution in [-0.2, 0) is 20.9 Å². The van der Waals surface area contributed by atoms with Gasteiger partial charge in [-0.05, 0) is 22.9 Å². The molecule has 0 aliphatic carbocycles. The fraction of sp³-hybridized carbons (Fsp3) is 0.467. The first kappa shape index (κ1) is 20.0. The maximum atomic E-state index is 12.7. The number of carboxylic acids is 1. The number of thioether (sulfide) groups is 2. The van der Waals surface area contributed by atoms with Crippen molar-refractivity contribution in [3.8, 4) is 0 Å². The molecule has 0 bridgehead atoms. The van der Waals surface area contributed by atoms with Crippen LogP contribution in [0.3, 0.4) is 0 Å². The van der Waals surface area contributed by atoms with Gasteiger partial charge in [0.2, 0.25) is 5.91 Å². The predicted molar refractivity (Wildman–Crippen MR) is 104 cm³/mol. The average molecular weight is 454 g/mol. The number of ketones is 1. The van der Waals surface area contributed by atoms with Gasteiger partial charge < -0.3 is 5.11 Å². The highest BCUT2D eigenvalue weighted by Gasteiger charge is 2.53. The predicted octanol–water partition coefficient (Wildman–Crippen LogP) is 0.455. The molecule has 14 heteroatoms. The molecule has 2 aromatic heterocycles. The van der Waals surface area contributed by atoms with E-state index in [1.165, 1.54) is 50.8 Å². The number of hydrogen-bond acceptors (Lipinski definition) is 11. The molecule has 2 atom stereocenters. The van der Waals surface area contributed by atoms with Gasteiger partial charge in [0.25, 0.3) is 0 Å². The van der Waals surface area contributed by atoms with Gasteiger partial charge in [-0.15, -0.1) is 27.1 Å². The third kappa shape index (κ3) is 4.04. The summed E-state index contributed by atoms with van der Waals surface area (Å²) in [6.07, 6.45) is 1.37. The van der Waals surface area contributed by atoms with Crippen molar-refractivity contribution in [1.29, 1.82) is 0 Å². The van der Waals surface area contributed by atoms with Gasteiger partial charge in [-0.3, -0.25) is 14.5 Å². The first-order chi connectivity index (χ1) is 13.9. The third-order valence-electron chi connectivity index (χ3n) is 4.41. The number of aromatic nitrogens is 6. The fourth-order valence-electron chi connectivity index (χ4n) is 3.16. The van der Waals surface area contributed by atoms with E-state index in [0.29, 0.717) is 17.1 Å². The number of Topliss-reactive ketones (excluding diaryl/α,β-unsaturated/α-hetero) is 1. The molecule has 2 aliphatic heterocycles. The van der Waals surface area contributed by atoms with Crippen LogP contribution in [0.5, 0.6) is 0 Å². The van der Waals surface area contributed by atoms with Crippen molar-refractivity contribution in [2.24, 2.45) is 5.92 Å². The van der Waals surface area contributed by atoms with Gasteiger partial charge >= 0.3 is 5.97 Å². The van der Waals surface area contributed by atoms with Crippen LogP contribution in [0.4, 0.5) is 0 Å². The summed E-state index contributed by atoms with van der Waals surface area (Å²) in [5.74, 6) is -1.27. The summed E-state index contributed by atoms with van der Waals surface area (Å²) >= 11 is 4.33. The molecule has 11 nitrogen and oxygen atoms in total. The summed E-state index contributed by atoms with van der Waals surface area (Å²) in [5.41, 5.74) is 0.695. The second kappa shape index (κ2) is 8.20. The fourth-order valence-corrected chi connectivity index (χ4v) is 6.53. The summed E-state index contributed by atoms with van der Waals surface area (Å²) < 4.78 is 2.05. The van der Waals surface area contributed by atoms with Crippen LogP contribution in [0.2, 0.25) is 0 Å². The van der Waals surface area contributed by atoms with E-state index in [0.717, 1.165) is 9.35 Å². The van der Waals surface area contributed by atoms with Crippen LogP contribution in [-0.4, -0.2) is 75.0 Å². The number of aryl methyl sites for hydroxylation is 1. The minimum Gasteiger partial charge on any atom is -0.477 e. The lowest BCUT2D eigenvalue weighted by Crippen LogP contribution is -2.62. The third-order valence-corrected chi connectivity index (χ3v) is 7.87. The molecule has 1 amide bonds. The number of nitrogens with zero attached hydrogens (tertiary/aromatic N) is 7. The van der Waals surface area contributed by atoms with Crippen molar-refractivity contribution >= 4 is 52.5 Å². The monoisotopic (exact) mass is 453 g/mol. The van der Waals surface area contributed by atoms with E-state index in [2.05, 4.69) is 25.7 Å². The lowest BCUT2D eigenvalue weighted by Gasteiger charge is -2.49. The Bertz CT molecular complexity index is 990. The van der Waals surface area contributed by atoms with Crippen LogP contribution in [0, 0.1) is 12.8 Å². The summed E-state index contributed by atoms with van der Waals surface area (Å²) in [6.45, 7) is 1.84. The zero-order chi connectivity index (χ0) is 20.5. The Labute approximate surface area is 176 Å². The molecule has 0 unspecified atom stereocenters. The number of tetrazole rings is 1. The van der Waals surface area contributed by atoms with Crippen LogP contribution < -0.4 is 0 Å². The van der Waals surface area contributed by atoms with Crippen molar-refractivity contribution in [2.45, 2.75) is 29.6 Å². The first-order valence-corrected chi connectivity index (χ1v) is 11.3. The number of rotatable bonds is 8. The molecule has 1 saturated heterocycles. The smallest absolute Gasteiger partial charge is 0.352 e. The summed E-state index contributed by atoms with van der Waals surface area (Å²) in [5, 5.41) is 28.7. The van der Waals surface area contributed by atoms with Gasteiger partial charge in [0, 0.05) is 17.9 Å². The van der Waals surface area contributed by atoms with Crippen molar-refractivity contribution in [3.63, 3.8) is 0 Å². The number of carbonyl (C=O) groups excluding carboxylic acids is 2. The van der Waals surface area contributed by atoms with Crippen molar-refractivity contribution < 1.29 is 19.5 Å². The second-order valence-electron chi connectivity index (χ2n) is 6.40. The Hall–Kier alpha value is -2.32. The summed E-state index contributed by atoms with van der Waals surface area (Å²) in [7, 11) is 0. The van der Waals surface area contributed by atoms with Gasteiger partial charge in [0.05, 0.1) is 11.3 Å². The Morgan fingerprint density at radius 2 is 2.21 bits per heavy atom. The Morgan fingerprint density at radius 3 is 2.86 bits per heavy atom. The number of carboxylic acid groups (broad SMARTS) is 1. The summed E-state index contributed by atoms with van der Waals surface area (Å²) in [4.78, 5) is 38.1. The Morgan fingerprint density at radius 1 is 1.38 bits per heavy atom. The molecule has 1 N–H and O–H groups in total. The van der Waals surface area contributed by atoms with E-state index in [-0.39, 0.29) is 35.7 Å². The van der Waals surface area contributed by atoms with Crippen molar-refractivity contribution in [2.75, 3.05) is 11.5 Å². The normalized spacial score (nSPS) is 21.1. The van der Waals surface area contributed by atoms with Crippen LogP contribution in [0.25, 0.3) is 0 Å². The minimum absolute atomic E-state index is 0.0149. The number of aliphatic carboxylic acids is 1. The largest absolute Gasteiger partial charge is 0.477 e. The zero-order valence-corrected chi connectivity index (χ0v) is 17.5. The zero-order valence-electron chi connectivity index (χ0n) is 15.1. The second-order valence-corrected chi connectivity index (χ2v) is 9.91. The molecule has 2 aromatic rings. The molecule has 4 heterocycles. The molecule has 4 rings (SSSR count). The molecule has 0 aromatic carbocycles. The highest BCUT2D eigenvalue weighted by atomic mass is 32.2. The maximum absolute atomic E-state index is 12.7. The lowest BCUT2D eigenvalue weighted by atomic mass is 9.90. The topological polar surface area (TPSA) is 144 Å². The number of amides is 1. The minimum atomic E-state index is -1.13. The molecule has 2 aliphatic rings. The van der Waals surface area contributed by atoms with Gasteiger partial charge in [0.15, 0.2) is 10.1 Å². The SMILES string of the molecule is Cc1nnc(SCC2=C(C(=O)O)N3C(=O)[C@@H](CC(=O)Cn4cnnn4)[C@H]3SC2)s1. The van der Waals surface area contributed by atoms with Crippen molar-refractivity contribution in [3.05, 3.63) is 22.6 Å². The average Bonchev–Trinajstić information content (AvgIpc) is 3.35. The molecular formula is C15H15N7O4S3. The van der Waals surface area contributed by atoms with Gasteiger partial charge in [-0.1, -0.05) is 23.1 Å². The van der Waals surface area contributed by atoms with Gasteiger partial charge in [-0.25, -0.2) is 9.48 Å². The van der Waals surface area contributed by atoms with E-state index in [4.69, 9.17) is 0 Å². The van der Waals surface area contributed by atoms with Crippen LogP contribution >= 0.6 is 34.9 Å². The molecule has 0 saturated carbocycles. The molecule has 152 valence electrons. The molecule has 0 spiro atoms. The van der Waals surface area contributed by atoms with Crippen LogP contribution in [0.1, 0.15) is 11.4 Å².